The third-order valence-electron chi connectivity index (χ3n) is 5.31. The first-order valence-electron chi connectivity index (χ1n) is 10.3. The summed E-state index contributed by atoms with van der Waals surface area (Å²) in [4.78, 5) is 4.60. The fourth-order valence-corrected chi connectivity index (χ4v) is 3.81. The number of aromatic nitrogens is 3. The van der Waals surface area contributed by atoms with Crippen molar-refractivity contribution in [1.82, 2.24) is 20.1 Å². The van der Waals surface area contributed by atoms with Crippen molar-refractivity contribution < 1.29 is 9.47 Å². The molecule has 1 N–H and O–H groups in total. The maximum atomic E-state index is 6.32. The topological polar surface area (TPSA) is 61.2 Å². The van der Waals surface area contributed by atoms with Crippen molar-refractivity contribution in [2.24, 2.45) is 0 Å². The SMILES string of the molecule is Cc1ccnc2cc(-c3cnn(C(C)C)c3)cc(OC[C@@H]3CNCC(C)(C)O3)c12. The van der Waals surface area contributed by atoms with Crippen LogP contribution in [0.15, 0.2) is 36.8 Å². The summed E-state index contributed by atoms with van der Waals surface area (Å²) in [5.74, 6) is 0.840. The molecule has 0 saturated carbocycles. The Morgan fingerprint density at radius 2 is 2.14 bits per heavy atom. The number of pyridine rings is 1. The van der Waals surface area contributed by atoms with Gasteiger partial charge in [-0.2, -0.15) is 5.10 Å². The maximum absolute atomic E-state index is 6.32. The summed E-state index contributed by atoms with van der Waals surface area (Å²) in [6.45, 7) is 12.7. The Morgan fingerprint density at radius 1 is 1.31 bits per heavy atom. The van der Waals surface area contributed by atoms with Crippen molar-refractivity contribution in [3.8, 4) is 16.9 Å². The van der Waals surface area contributed by atoms with E-state index >= 15 is 0 Å². The van der Waals surface area contributed by atoms with E-state index in [1.54, 1.807) is 0 Å². The molecule has 0 unspecified atom stereocenters. The number of ether oxygens (including phenoxy) is 2. The van der Waals surface area contributed by atoms with Crippen LogP contribution in [0.25, 0.3) is 22.0 Å². The van der Waals surface area contributed by atoms with Crippen molar-refractivity contribution >= 4 is 10.9 Å². The first-order valence-corrected chi connectivity index (χ1v) is 10.3. The zero-order valence-corrected chi connectivity index (χ0v) is 17.9. The van der Waals surface area contributed by atoms with Crippen LogP contribution in [0.4, 0.5) is 0 Å². The highest BCUT2D eigenvalue weighted by Crippen LogP contribution is 2.34. The Kier molecular flexibility index (Phi) is 5.32. The minimum absolute atomic E-state index is 0.0122. The smallest absolute Gasteiger partial charge is 0.129 e. The fourth-order valence-electron chi connectivity index (χ4n) is 3.81. The molecule has 3 aromatic rings. The van der Waals surface area contributed by atoms with Crippen LogP contribution in [-0.4, -0.2) is 46.2 Å². The Morgan fingerprint density at radius 3 is 2.86 bits per heavy atom. The van der Waals surface area contributed by atoms with E-state index in [4.69, 9.17) is 9.47 Å². The molecular weight excluding hydrogens is 364 g/mol. The van der Waals surface area contributed by atoms with Crippen LogP contribution in [0.2, 0.25) is 0 Å². The number of rotatable bonds is 5. The van der Waals surface area contributed by atoms with E-state index in [-0.39, 0.29) is 11.7 Å². The van der Waals surface area contributed by atoms with Gasteiger partial charge in [-0.25, -0.2) is 0 Å². The van der Waals surface area contributed by atoms with Gasteiger partial charge in [0.25, 0.3) is 0 Å². The molecule has 0 spiro atoms. The van der Waals surface area contributed by atoms with Crippen molar-refractivity contribution in [3.05, 3.63) is 42.4 Å². The van der Waals surface area contributed by atoms with Gasteiger partial charge in [0.2, 0.25) is 0 Å². The fraction of sp³-hybridized carbons (Fsp3) is 0.478. The van der Waals surface area contributed by atoms with Crippen LogP contribution in [0.5, 0.6) is 5.75 Å². The molecule has 1 aromatic carbocycles. The van der Waals surface area contributed by atoms with Crippen molar-refractivity contribution in [1.29, 1.82) is 0 Å². The molecule has 0 bridgehead atoms. The molecule has 6 heteroatoms. The van der Waals surface area contributed by atoms with Gasteiger partial charge in [0, 0.05) is 42.5 Å². The molecule has 6 nitrogen and oxygen atoms in total. The van der Waals surface area contributed by atoms with Crippen LogP contribution in [0, 0.1) is 6.92 Å². The molecule has 1 aliphatic rings. The number of fused-ring (bicyclic) bond motifs is 1. The molecule has 4 rings (SSSR count). The van der Waals surface area contributed by atoms with Gasteiger partial charge in [-0.1, -0.05) is 0 Å². The summed E-state index contributed by atoms with van der Waals surface area (Å²) in [6, 6.07) is 6.55. The average Bonchev–Trinajstić information content (AvgIpc) is 3.16. The van der Waals surface area contributed by atoms with E-state index in [0.717, 1.165) is 46.4 Å². The zero-order valence-electron chi connectivity index (χ0n) is 17.9. The lowest BCUT2D eigenvalue weighted by atomic mass is 10.0. The molecule has 1 atom stereocenters. The lowest BCUT2D eigenvalue weighted by Gasteiger charge is -2.36. The Bertz CT molecular complexity index is 1010. The second-order valence-corrected chi connectivity index (χ2v) is 8.74. The van der Waals surface area contributed by atoms with Crippen molar-refractivity contribution in [2.75, 3.05) is 19.7 Å². The predicted octanol–water partition coefficient (Wildman–Crippen LogP) is 4.13. The lowest BCUT2D eigenvalue weighted by molar-refractivity contribution is -0.106. The minimum Gasteiger partial charge on any atom is -0.490 e. The standard InChI is InChI=1S/C23H30N4O2/c1-15(2)27-12-18(10-26-27)17-8-20-22(16(3)6-7-25-20)21(9-17)28-13-19-11-24-14-23(4,5)29-19/h6-10,12,15,19,24H,11,13-14H2,1-5H3/t19-/m0/s1. The van der Waals surface area contributed by atoms with Crippen LogP contribution in [-0.2, 0) is 4.74 Å². The van der Waals surface area contributed by atoms with Crippen molar-refractivity contribution in [3.63, 3.8) is 0 Å². The van der Waals surface area contributed by atoms with Gasteiger partial charge in [-0.05, 0) is 63.9 Å². The number of benzene rings is 1. The van der Waals surface area contributed by atoms with Crippen LogP contribution in [0.1, 0.15) is 39.3 Å². The Hall–Kier alpha value is -2.44. The van der Waals surface area contributed by atoms with Gasteiger partial charge in [0.15, 0.2) is 0 Å². The van der Waals surface area contributed by atoms with E-state index in [2.05, 4.69) is 68.3 Å². The first-order chi connectivity index (χ1) is 13.8. The molecular formula is C23H30N4O2. The van der Waals surface area contributed by atoms with Crippen LogP contribution in [0.3, 0.4) is 0 Å². The van der Waals surface area contributed by atoms with E-state index < -0.39 is 0 Å². The van der Waals surface area contributed by atoms with Crippen LogP contribution >= 0.6 is 0 Å². The first kappa shape index (κ1) is 19.9. The lowest BCUT2D eigenvalue weighted by Crippen LogP contribution is -2.52. The summed E-state index contributed by atoms with van der Waals surface area (Å²) in [5, 5.41) is 8.97. The number of aryl methyl sites for hydroxylation is 1. The number of morpholine rings is 1. The Balaban J connectivity index is 1.67. The van der Waals surface area contributed by atoms with Crippen LogP contribution < -0.4 is 10.1 Å². The maximum Gasteiger partial charge on any atom is 0.129 e. The van der Waals surface area contributed by atoms with Gasteiger partial charge >= 0.3 is 0 Å². The van der Waals surface area contributed by atoms with Gasteiger partial charge < -0.3 is 14.8 Å². The zero-order chi connectivity index (χ0) is 20.6. The summed E-state index contributed by atoms with van der Waals surface area (Å²) >= 11 is 0. The number of nitrogens with zero attached hydrogens (tertiary/aromatic N) is 3. The predicted molar refractivity (Wildman–Crippen MR) is 115 cm³/mol. The minimum atomic E-state index is -0.181. The van der Waals surface area contributed by atoms with Gasteiger partial charge in [0.05, 0.1) is 17.3 Å². The highest BCUT2D eigenvalue weighted by atomic mass is 16.5. The summed E-state index contributed by atoms with van der Waals surface area (Å²) in [7, 11) is 0. The summed E-state index contributed by atoms with van der Waals surface area (Å²) in [6.07, 6.45) is 5.83. The quantitative estimate of drug-likeness (QED) is 0.705. The van der Waals surface area contributed by atoms with E-state index in [0.29, 0.717) is 12.6 Å². The van der Waals surface area contributed by atoms with Crippen molar-refractivity contribution in [2.45, 2.75) is 52.4 Å². The molecule has 1 aliphatic heterocycles. The number of hydrogen-bond donors (Lipinski definition) is 1. The summed E-state index contributed by atoms with van der Waals surface area (Å²) in [5.41, 5.74) is 4.01. The summed E-state index contributed by atoms with van der Waals surface area (Å²) < 4.78 is 14.4. The van der Waals surface area contributed by atoms with E-state index in [9.17, 15) is 0 Å². The van der Waals surface area contributed by atoms with Gasteiger partial charge in [0.1, 0.15) is 18.5 Å². The molecule has 0 radical (unpaired) electrons. The second-order valence-electron chi connectivity index (χ2n) is 8.74. The molecule has 3 heterocycles. The van der Waals surface area contributed by atoms with Gasteiger partial charge in [-0.3, -0.25) is 9.67 Å². The number of hydrogen-bond acceptors (Lipinski definition) is 5. The normalized spacial score (nSPS) is 19.0. The number of nitrogens with one attached hydrogen (secondary N) is 1. The highest BCUT2D eigenvalue weighted by Gasteiger charge is 2.28. The molecule has 0 amide bonds. The average molecular weight is 395 g/mol. The molecule has 29 heavy (non-hydrogen) atoms. The molecule has 154 valence electrons. The van der Waals surface area contributed by atoms with E-state index in [1.165, 1.54) is 0 Å². The largest absolute Gasteiger partial charge is 0.490 e. The third-order valence-corrected chi connectivity index (χ3v) is 5.31. The molecule has 2 aromatic heterocycles. The Labute approximate surface area is 172 Å². The molecule has 0 aliphatic carbocycles. The van der Waals surface area contributed by atoms with Gasteiger partial charge in [-0.15, -0.1) is 0 Å². The second kappa shape index (κ2) is 7.76. The molecule has 1 fully saturated rings. The third kappa shape index (κ3) is 4.28. The molecule has 1 saturated heterocycles. The monoisotopic (exact) mass is 394 g/mol. The highest BCUT2D eigenvalue weighted by molar-refractivity contribution is 5.92. The van der Waals surface area contributed by atoms with E-state index in [1.807, 2.05) is 23.1 Å².